The Morgan fingerprint density at radius 2 is 1.72 bits per heavy atom. The Balaban J connectivity index is 2.60. The van der Waals surface area contributed by atoms with Gasteiger partial charge in [-0.05, 0) is 60.1 Å². The molecule has 142 valence electrons. The maximum Gasteiger partial charge on any atom is 0.191 e. The van der Waals surface area contributed by atoms with Crippen molar-refractivity contribution in [2.45, 2.75) is 66.2 Å². The molecule has 0 amide bonds. The van der Waals surface area contributed by atoms with E-state index < -0.39 is 0 Å². The number of ether oxygens (including phenoxy) is 1. The van der Waals surface area contributed by atoms with E-state index >= 15 is 0 Å². The molecule has 0 aliphatic heterocycles. The van der Waals surface area contributed by atoms with Crippen LogP contribution in [-0.4, -0.2) is 37.2 Å². The molecule has 0 radical (unpaired) electrons. The molecular formula is C20H36N4O. The fourth-order valence-electron chi connectivity index (χ4n) is 2.25. The molecule has 5 heteroatoms. The molecule has 0 bridgehead atoms. The SMILES string of the molecule is CN=C(NCCNC(C)(C)C)NCc1ccc(C)cc1OC(C)(C)C. The number of benzene rings is 1. The van der Waals surface area contributed by atoms with Gasteiger partial charge in [0.15, 0.2) is 5.96 Å². The summed E-state index contributed by atoms with van der Waals surface area (Å²) in [6.07, 6.45) is 0. The van der Waals surface area contributed by atoms with Gasteiger partial charge in [-0.1, -0.05) is 12.1 Å². The quantitative estimate of drug-likeness (QED) is 0.420. The smallest absolute Gasteiger partial charge is 0.191 e. The first kappa shape index (κ1) is 21.3. The van der Waals surface area contributed by atoms with Crippen LogP contribution >= 0.6 is 0 Å². The van der Waals surface area contributed by atoms with E-state index in [0.29, 0.717) is 6.54 Å². The van der Waals surface area contributed by atoms with Gasteiger partial charge in [0, 0.05) is 37.8 Å². The summed E-state index contributed by atoms with van der Waals surface area (Å²) in [4.78, 5) is 4.28. The van der Waals surface area contributed by atoms with Crippen molar-refractivity contribution in [3.8, 4) is 5.75 Å². The molecule has 0 heterocycles. The van der Waals surface area contributed by atoms with E-state index in [1.807, 2.05) is 0 Å². The Kier molecular flexibility index (Phi) is 7.74. The van der Waals surface area contributed by atoms with Gasteiger partial charge < -0.3 is 20.7 Å². The van der Waals surface area contributed by atoms with Crippen molar-refractivity contribution < 1.29 is 4.74 Å². The summed E-state index contributed by atoms with van der Waals surface area (Å²) in [7, 11) is 1.79. The lowest BCUT2D eigenvalue weighted by molar-refractivity contribution is 0.129. The van der Waals surface area contributed by atoms with Crippen molar-refractivity contribution in [2.24, 2.45) is 4.99 Å². The third kappa shape index (κ3) is 9.34. The van der Waals surface area contributed by atoms with Crippen molar-refractivity contribution in [3.05, 3.63) is 29.3 Å². The van der Waals surface area contributed by atoms with Gasteiger partial charge in [0.05, 0.1) is 0 Å². The van der Waals surface area contributed by atoms with Gasteiger partial charge in [-0.2, -0.15) is 0 Å². The third-order valence-corrected chi connectivity index (χ3v) is 3.38. The number of rotatable bonds is 6. The summed E-state index contributed by atoms with van der Waals surface area (Å²) in [6, 6.07) is 6.31. The lowest BCUT2D eigenvalue weighted by Gasteiger charge is -2.24. The summed E-state index contributed by atoms with van der Waals surface area (Å²) >= 11 is 0. The van der Waals surface area contributed by atoms with Crippen LogP contribution in [0.5, 0.6) is 5.75 Å². The van der Waals surface area contributed by atoms with Crippen molar-refractivity contribution in [3.63, 3.8) is 0 Å². The number of hydrogen-bond acceptors (Lipinski definition) is 3. The van der Waals surface area contributed by atoms with Crippen molar-refractivity contribution in [2.75, 3.05) is 20.1 Å². The molecule has 3 N–H and O–H groups in total. The van der Waals surface area contributed by atoms with E-state index in [1.54, 1.807) is 7.05 Å². The van der Waals surface area contributed by atoms with Crippen molar-refractivity contribution in [1.29, 1.82) is 0 Å². The van der Waals surface area contributed by atoms with Crippen LogP contribution in [0.15, 0.2) is 23.2 Å². The average Bonchev–Trinajstić information content (AvgIpc) is 2.45. The maximum atomic E-state index is 6.11. The molecule has 1 rings (SSSR count). The second kappa shape index (κ2) is 9.09. The molecule has 0 atom stereocenters. The molecule has 0 spiro atoms. The van der Waals surface area contributed by atoms with Crippen LogP contribution in [0.25, 0.3) is 0 Å². The summed E-state index contributed by atoms with van der Waals surface area (Å²) in [5, 5.41) is 10.1. The highest BCUT2D eigenvalue weighted by Gasteiger charge is 2.15. The van der Waals surface area contributed by atoms with E-state index in [9.17, 15) is 0 Å². The molecule has 0 fully saturated rings. The lowest BCUT2D eigenvalue weighted by Crippen LogP contribution is -2.44. The van der Waals surface area contributed by atoms with E-state index in [2.05, 4.69) is 87.6 Å². The zero-order valence-electron chi connectivity index (χ0n) is 17.2. The highest BCUT2D eigenvalue weighted by Crippen LogP contribution is 2.24. The van der Waals surface area contributed by atoms with Gasteiger partial charge in [0.2, 0.25) is 0 Å². The first-order valence-electron chi connectivity index (χ1n) is 8.98. The number of hydrogen-bond donors (Lipinski definition) is 3. The van der Waals surface area contributed by atoms with Crippen LogP contribution in [0, 0.1) is 6.92 Å². The van der Waals surface area contributed by atoms with Gasteiger partial charge in [-0.15, -0.1) is 0 Å². The molecule has 0 saturated heterocycles. The number of nitrogens with zero attached hydrogens (tertiary/aromatic N) is 1. The Morgan fingerprint density at radius 3 is 2.28 bits per heavy atom. The number of nitrogens with one attached hydrogen (secondary N) is 3. The van der Waals surface area contributed by atoms with Crippen molar-refractivity contribution in [1.82, 2.24) is 16.0 Å². The second-order valence-electron chi connectivity index (χ2n) is 8.35. The molecule has 0 saturated carbocycles. The number of aryl methyl sites for hydroxylation is 1. The minimum Gasteiger partial charge on any atom is -0.488 e. The number of aliphatic imine (C=N–C) groups is 1. The van der Waals surface area contributed by atoms with E-state index in [-0.39, 0.29) is 11.1 Å². The fraction of sp³-hybridized carbons (Fsp3) is 0.650. The molecule has 25 heavy (non-hydrogen) atoms. The highest BCUT2D eigenvalue weighted by atomic mass is 16.5. The van der Waals surface area contributed by atoms with Crippen LogP contribution in [0.1, 0.15) is 52.7 Å². The molecule has 0 aliphatic carbocycles. The first-order chi connectivity index (χ1) is 11.5. The predicted molar refractivity (Wildman–Crippen MR) is 108 cm³/mol. The molecule has 5 nitrogen and oxygen atoms in total. The van der Waals surface area contributed by atoms with Crippen LogP contribution in [0.3, 0.4) is 0 Å². The van der Waals surface area contributed by atoms with Crippen LogP contribution in [0.4, 0.5) is 0 Å². The second-order valence-corrected chi connectivity index (χ2v) is 8.35. The summed E-state index contributed by atoms with van der Waals surface area (Å²) in [5.74, 6) is 1.71. The zero-order valence-corrected chi connectivity index (χ0v) is 17.2. The lowest BCUT2D eigenvalue weighted by atomic mass is 10.1. The number of guanidine groups is 1. The minimum atomic E-state index is -0.221. The normalized spacial score (nSPS) is 12.9. The summed E-state index contributed by atoms with van der Waals surface area (Å²) in [6.45, 7) is 17.1. The Morgan fingerprint density at radius 1 is 1.04 bits per heavy atom. The topological polar surface area (TPSA) is 57.7 Å². The molecule has 0 unspecified atom stereocenters. The van der Waals surface area contributed by atoms with Gasteiger partial charge in [-0.3, -0.25) is 4.99 Å². The van der Waals surface area contributed by atoms with Crippen LogP contribution in [0.2, 0.25) is 0 Å². The highest BCUT2D eigenvalue weighted by molar-refractivity contribution is 5.79. The van der Waals surface area contributed by atoms with Gasteiger partial charge in [0.25, 0.3) is 0 Å². The largest absolute Gasteiger partial charge is 0.488 e. The fourth-order valence-corrected chi connectivity index (χ4v) is 2.25. The Labute approximate surface area is 153 Å². The van der Waals surface area contributed by atoms with Crippen LogP contribution < -0.4 is 20.7 Å². The monoisotopic (exact) mass is 348 g/mol. The van der Waals surface area contributed by atoms with E-state index in [1.165, 1.54) is 5.56 Å². The average molecular weight is 349 g/mol. The summed E-state index contributed by atoms with van der Waals surface area (Å²) in [5.41, 5.74) is 2.22. The molecule has 1 aromatic carbocycles. The molecule has 0 aliphatic rings. The van der Waals surface area contributed by atoms with Gasteiger partial charge in [0.1, 0.15) is 11.4 Å². The molecule has 0 aromatic heterocycles. The summed E-state index contributed by atoms with van der Waals surface area (Å²) < 4.78 is 6.11. The Bertz CT molecular complexity index is 568. The van der Waals surface area contributed by atoms with Crippen LogP contribution in [-0.2, 0) is 6.54 Å². The predicted octanol–water partition coefficient (Wildman–Crippen LogP) is 3.23. The molecular weight excluding hydrogens is 312 g/mol. The Hall–Kier alpha value is -1.75. The third-order valence-electron chi connectivity index (χ3n) is 3.38. The maximum absolute atomic E-state index is 6.11. The van der Waals surface area contributed by atoms with Crippen molar-refractivity contribution >= 4 is 5.96 Å². The molecule has 1 aromatic rings. The van der Waals surface area contributed by atoms with E-state index in [4.69, 9.17) is 4.74 Å². The van der Waals surface area contributed by atoms with Gasteiger partial charge >= 0.3 is 0 Å². The standard InChI is InChI=1S/C20H36N4O/c1-15-9-10-16(17(13-15)25-20(5,6)7)14-23-18(21-8)22-11-12-24-19(2,3)4/h9-10,13,24H,11-12,14H2,1-8H3,(H2,21,22,23). The minimum absolute atomic E-state index is 0.125. The van der Waals surface area contributed by atoms with E-state index in [0.717, 1.165) is 30.4 Å². The van der Waals surface area contributed by atoms with Gasteiger partial charge in [-0.25, -0.2) is 0 Å². The first-order valence-corrected chi connectivity index (χ1v) is 8.98. The zero-order chi connectivity index (χ0) is 19.1.